The summed E-state index contributed by atoms with van der Waals surface area (Å²) in [5.74, 6) is -1.36. The lowest BCUT2D eigenvalue weighted by atomic mass is 9.81. The van der Waals surface area contributed by atoms with Crippen molar-refractivity contribution in [1.82, 2.24) is 14.8 Å². The number of carbonyl (C=O) groups is 3. The van der Waals surface area contributed by atoms with Crippen LogP contribution in [0, 0.1) is 5.82 Å². The first-order valence-corrected chi connectivity index (χ1v) is 11.6. The fraction of sp³-hybridized carbons (Fsp3) is 0.296. The van der Waals surface area contributed by atoms with E-state index in [4.69, 9.17) is 4.74 Å². The monoisotopic (exact) mass is 492 g/mol. The molecule has 2 aromatic carbocycles. The molecule has 36 heavy (non-hydrogen) atoms. The van der Waals surface area contributed by atoms with Crippen LogP contribution in [0.2, 0.25) is 0 Å². The van der Waals surface area contributed by atoms with Gasteiger partial charge in [0.25, 0.3) is 5.91 Å². The maximum absolute atomic E-state index is 13.4. The van der Waals surface area contributed by atoms with Gasteiger partial charge in [-0.1, -0.05) is 19.9 Å². The van der Waals surface area contributed by atoms with Gasteiger partial charge < -0.3 is 24.8 Å². The summed E-state index contributed by atoms with van der Waals surface area (Å²) in [7, 11) is 3.31. The number of hydrogen-bond donors (Lipinski definition) is 2. The topological polar surface area (TPSA) is 94.7 Å². The number of ether oxygens (including phenoxy) is 1. The molecule has 0 atom stereocenters. The van der Waals surface area contributed by atoms with Crippen LogP contribution in [-0.2, 0) is 14.9 Å². The molecule has 0 radical (unpaired) electrons. The third-order valence-electron chi connectivity index (χ3n) is 6.10. The van der Waals surface area contributed by atoms with Gasteiger partial charge in [0.1, 0.15) is 5.82 Å². The molecule has 2 heterocycles. The molecule has 0 saturated heterocycles. The van der Waals surface area contributed by atoms with E-state index in [0.29, 0.717) is 16.9 Å². The van der Waals surface area contributed by atoms with Gasteiger partial charge in [-0.2, -0.15) is 0 Å². The second-order valence-corrected chi connectivity index (χ2v) is 9.55. The quantitative estimate of drug-likeness (QED) is 0.515. The number of urea groups is 1. The number of aromatic amines is 1. The number of amides is 3. The van der Waals surface area contributed by atoms with Crippen molar-refractivity contribution in [3.05, 3.63) is 71.3 Å². The molecule has 3 amide bonds. The molecule has 188 valence electrons. The molecule has 4 rings (SSSR count). The van der Waals surface area contributed by atoms with Crippen LogP contribution in [0.15, 0.2) is 48.7 Å². The number of nitrogens with zero attached hydrogens (tertiary/aromatic N) is 2. The lowest BCUT2D eigenvalue weighted by molar-refractivity contribution is -0.136. The van der Waals surface area contributed by atoms with Crippen LogP contribution in [0.4, 0.5) is 14.9 Å². The number of anilines is 1. The van der Waals surface area contributed by atoms with Crippen LogP contribution < -0.4 is 5.32 Å². The molecule has 2 N–H and O–H groups in total. The van der Waals surface area contributed by atoms with Crippen LogP contribution in [0.25, 0.3) is 16.5 Å². The average molecular weight is 493 g/mol. The van der Waals surface area contributed by atoms with E-state index in [0.717, 1.165) is 16.5 Å². The van der Waals surface area contributed by atoms with Gasteiger partial charge in [-0.05, 0) is 48.9 Å². The molecule has 0 bridgehead atoms. The Kier molecular flexibility index (Phi) is 6.58. The number of H-pyrrole nitrogens is 1. The number of rotatable bonds is 4. The predicted octanol–water partition coefficient (Wildman–Crippen LogP) is 4.74. The van der Waals surface area contributed by atoms with E-state index in [-0.39, 0.29) is 30.7 Å². The Balaban J connectivity index is 1.85. The highest BCUT2D eigenvalue weighted by Gasteiger charge is 2.37. The van der Waals surface area contributed by atoms with E-state index in [1.165, 1.54) is 40.3 Å². The van der Waals surface area contributed by atoms with Crippen molar-refractivity contribution in [3.63, 3.8) is 0 Å². The highest BCUT2D eigenvalue weighted by Crippen LogP contribution is 2.41. The van der Waals surface area contributed by atoms with Crippen LogP contribution >= 0.6 is 0 Å². The molecule has 0 spiro atoms. The maximum Gasteiger partial charge on any atom is 0.341 e. The molecule has 0 saturated carbocycles. The van der Waals surface area contributed by atoms with Gasteiger partial charge in [-0.3, -0.25) is 4.79 Å². The minimum atomic E-state index is -0.581. The number of hydrogen-bond acceptors (Lipinski definition) is 4. The third-order valence-corrected chi connectivity index (χ3v) is 6.10. The Morgan fingerprint density at radius 2 is 1.83 bits per heavy atom. The smallest absolute Gasteiger partial charge is 0.341 e. The highest BCUT2D eigenvalue weighted by molar-refractivity contribution is 6.18. The van der Waals surface area contributed by atoms with E-state index in [1.807, 2.05) is 26.0 Å². The fourth-order valence-electron chi connectivity index (χ4n) is 4.44. The van der Waals surface area contributed by atoms with E-state index in [1.54, 1.807) is 27.1 Å². The summed E-state index contributed by atoms with van der Waals surface area (Å²) in [6.07, 6.45) is 1.50. The molecule has 1 aliphatic rings. The molecule has 0 aliphatic carbocycles. The summed E-state index contributed by atoms with van der Waals surface area (Å²) in [6, 6.07) is 10.5. The zero-order chi connectivity index (χ0) is 26.2. The summed E-state index contributed by atoms with van der Waals surface area (Å²) in [6.45, 7) is 6.14. The zero-order valence-electron chi connectivity index (χ0n) is 20.9. The summed E-state index contributed by atoms with van der Waals surface area (Å²) in [4.78, 5) is 44.8. The molecular weight excluding hydrogens is 463 g/mol. The first kappa shape index (κ1) is 25.0. The number of nitrogens with one attached hydrogen (secondary N) is 2. The van der Waals surface area contributed by atoms with Crippen molar-refractivity contribution in [2.45, 2.75) is 26.2 Å². The number of aromatic nitrogens is 1. The third kappa shape index (κ3) is 4.68. The second kappa shape index (κ2) is 9.49. The average Bonchev–Trinajstić information content (AvgIpc) is 3.15. The van der Waals surface area contributed by atoms with Gasteiger partial charge in [-0.25, -0.2) is 14.0 Å². The van der Waals surface area contributed by atoms with Crippen LogP contribution in [-0.4, -0.2) is 59.9 Å². The molecular formula is C27H29FN4O4. The number of benzene rings is 2. The Bertz CT molecular complexity index is 1370. The summed E-state index contributed by atoms with van der Waals surface area (Å²) >= 11 is 0. The van der Waals surface area contributed by atoms with Gasteiger partial charge in [-0.15, -0.1) is 0 Å². The van der Waals surface area contributed by atoms with Crippen molar-refractivity contribution in [1.29, 1.82) is 0 Å². The minimum Gasteiger partial charge on any atom is -0.462 e. The summed E-state index contributed by atoms with van der Waals surface area (Å²) in [5.41, 5.74) is 2.69. The number of halogens is 1. The van der Waals surface area contributed by atoms with Crippen molar-refractivity contribution in [3.8, 4) is 0 Å². The summed E-state index contributed by atoms with van der Waals surface area (Å²) < 4.78 is 18.8. The Labute approximate surface area is 208 Å². The Morgan fingerprint density at radius 3 is 2.47 bits per heavy atom. The van der Waals surface area contributed by atoms with Crippen molar-refractivity contribution in [2.75, 3.05) is 32.6 Å². The molecule has 1 aliphatic heterocycles. The number of carbonyl (C=O) groups excluding carboxylic acids is 3. The summed E-state index contributed by atoms with van der Waals surface area (Å²) in [5, 5.41) is 3.69. The van der Waals surface area contributed by atoms with E-state index in [2.05, 4.69) is 10.3 Å². The van der Waals surface area contributed by atoms with Gasteiger partial charge >= 0.3 is 12.0 Å². The Morgan fingerprint density at radius 1 is 1.14 bits per heavy atom. The molecule has 0 fully saturated rings. The fourth-order valence-corrected chi connectivity index (χ4v) is 4.44. The first-order valence-electron chi connectivity index (χ1n) is 11.6. The van der Waals surface area contributed by atoms with E-state index >= 15 is 0 Å². The van der Waals surface area contributed by atoms with E-state index in [9.17, 15) is 18.8 Å². The highest BCUT2D eigenvalue weighted by atomic mass is 19.1. The van der Waals surface area contributed by atoms with E-state index < -0.39 is 17.2 Å². The standard InChI is InChI=1S/C27H29FN4O4/c1-6-36-25(34)20-14-32(24(33)16-7-9-17(28)10-8-16)15-27(2,3)22-19-12-11-18(29-26(35)31(4)5)13-21(19)30-23(20)22/h7-14,30H,6,15H2,1-5H3,(H,29,35). The largest absolute Gasteiger partial charge is 0.462 e. The number of fused-ring (bicyclic) bond motifs is 3. The number of esters is 1. The minimum absolute atomic E-state index is 0.168. The molecule has 3 aromatic rings. The Hall–Kier alpha value is -4.14. The van der Waals surface area contributed by atoms with Gasteiger partial charge in [0.15, 0.2) is 0 Å². The second-order valence-electron chi connectivity index (χ2n) is 9.55. The molecule has 8 nitrogen and oxygen atoms in total. The predicted molar refractivity (Wildman–Crippen MR) is 136 cm³/mol. The van der Waals surface area contributed by atoms with Crippen molar-refractivity contribution in [2.24, 2.45) is 0 Å². The zero-order valence-corrected chi connectivity index (χ0v) is 20.9. The normalized spacial score (nSPS) is 14.5. The van der Waals surface area contributed by atoms with Crippen molar-refractivity contribution < 1.29 is 23.5 Å². The lowest BCUT2D eigenvalue weighted by Crippen LogP contribution is -2.37. The molecule has 9 heteroatoms. The van der Waals surface area contributed by atoms with Crippen molar-refractivity contribution >= 4 is 40.1 Å². The van der Waals surface area contributed by atoms with Crippen LogP contribution in [0.5, 0.6) is 0 Å². The molecule has 1 aromatic heterocycles. The van der Waals surface area contributed by atoms with Gasteiger partial charge in [0.05, 0.1) is 17.9 Å². The maximum atomic E-state index is 13.4. The SMILES string of the molecule is CCOC(=O)C1=CN(C(=O)c2ccc(F)cc2)CC(C)(C)c2c1[nH]c1cc(NC(=O)N(C)C)ccc21. The van der Waals surface area contributed by atoms with Gasteiger partial charge in [0, 0.05) is 54.4 Å². The first-order chi connectivity index (χ1) is 17.0. The van der Waals surface area contributed by atoms with Crippen LogP contribution in [0.3, 0.4) is 0 Å². The van der Waals surface area contributed by atoms with Crippen LogP contribution in [0.1, 0.15) is 42.4 Å². The van der Waals surface area contributed by atoms with Gasteiger partial charge in [0.2, 0.25) is 0 Å². The lowest BCUT2D eigenvalue weighted by Gasteiger charge is -2.29. The molecule has 0 unspecified atom stereocenters.